The Bertz CT molecular complexity index is 699. The molecule has 0 unspecified atom stereocenters. The molecule has 2 heterocycles. The van der Waals surface area contributed by atoms with Crippen LogP contribution < -0.4 is 5.32 Å². The Morgan fingerprint density at radius 3 is 2.68 bits per heavy atom. The quantitative estimate of drug-likeness (QED) is 0.823. The van der Waals surface area contributed by atoms with Crippen molar-refractivity contribution in [1.82, 2.24) is 10.3 Å². The number of H-pyrrole nitrogens is 1. The second-order valence-electron chi connectivity index (χ2n) is 6.10. The Labute approximate surface area is 141 Å². The predicted molar refractivity (Wildman–Crippen MR) is 95.8 cm³/mol. The van der Waals surface area contributed by atoms with Gasteiger partial charge in [-0.25, -0.2) is 0 Å². The van der Waals surface area contributed by atoms with Gasteiger partial charge in [0.15, 0.2) is 0 Å². The molecule has 118 valence electrons. The molecular weight excluding hydrogens is 317 g/mol. The van der Waals surface area contributed by atoms with Crippen LogP contribution in [0, 0.1) is 0 Å². The van der Waals surface area contributed by atoms with E-state index in [2.05, 4.69) is 27.4 Å². The van der Waals surface area contributed by atoms with Gasteiger partial charge in [0.1, 0.15) is 5.84 Å². The number of aromatic nitrogens is 1. The minimum Gasteiger partial charge on any atom is -0.368 e. The normalized spacial score (nSPS) is 18.9. The minimum absolute atomic E-state index is 0. The summed E-state index contributed by atoms with van der Waals surface area (Å²) in [7, 11) is 0. The van der Waals surface area contributed by atoms with Gasteiger partial charge in [0.2, 0.25) is 0 Å². The standard InChI is InChI=1S/C17H20ClN3.ClH/c18-12-6-7-14-13(10-12)15(17-19-8-9-20-17)16(21-14)11-4-2-1-3-5-11;/h6-7,10-11,21H,1-5,8-9H2,(H,19,20);1H. The van der Waals surface area contributed by atoms with Gasteiger partial charge in [-0.2, -0.15) is 0 Å². The maximum Gasteiger partial charge on any atom is 0.130 e. The lowest BCUT2D eigenvalue weighted by Gasteiger charge is -2.22. The summed E-state index contributed by atoms with van der Waals surface area (Å²) < 4.78 is 0. The van der Waals surface area contributed by atoms with Crippen molar-refractivity contribution in [3.05, 3.63) is 34.5 Å². The number of fused-ring (bicyclic) bond motifs is 1. The molecule has 1 aromatic carbocycles. The zero-order valence-electron chi connectivity index (χ0n) is 12.5. The van der Waals surface area contributed by atoms with Crippen LogP contribution >= 0.6 is 24.0 Å². The smallest absolute Gasteiger partial charge is 0.130 e. The number of nitrogens with zero attached hydrogens (tertiary/aromatic N) is 1. The van der Waals surface area contributed by atoms with Gasteiger partial charge in [0.05, 0.1) is 6.54 Å². The van der Waals surface area contributed by atoms with Crippen LogP contribution in [-0.4, -0.2) is 23.9 Å². The molecule has 1 aliphatic carbocycles. The highest BCUT2D eigenvalue weighted by Gasteiger charge is 2.25. The van der Waals surface area contributed by atoms with Crippen LogP contribution in [0.3, 0.4) is 0 Å². The third-order valence-electron chi connectivity index (χ3n) is 4.71. The van der Waals surface area contributed by atoms with Gasteiger partial charge in [-0.1, -0.05) is 30.9 Å². The highest BCUT2D eigenvalue weighted by molar-refractivity contribution is 6.31. The summed E-state index contributed by atoms with van der Waals surface area (Å²) in [6.45, 7) is 1.80. The molecule has 0 amide bonds. The van der Waals surface area contributed by atoms with Crippen LogP contribution in [0.4, 0.5) is 0 Å². The monoisotopic (exact) mass is 337 g/mol. The molecule has 5 heteroatoms. The molecule has 4 rings (SSSR count). The van der Waals surface area contributed by atoms with Gasteiger partial charge < -0.3 is 10.3 Å². The lowest BCUT2D eigenvalue weighted by Crippen LogP contribution is -2.21. The third-order valence-corrected chi connectivity index (χ3v) is 4.95. The average Bonchev–Trinajstić information content (AvgIpc) is 3.14. The molecule has 1 aromatic heterocycles. The number of nitrogens with one attached hydrogen (secondary N) is 2. The van der Waals surface area contributed by atoms with Crippen LogP contribution in [0.2, 0.25) is 5.02 Å². The zero-order valence-corrected chi connectivity index (χ0v) is 14.1. The lowest BCUT2D eigenvalue weighted by atomic mass is 9.85. The van der Waals surface area contributed by atoms with Crippen LogP contribution in [0.1, 0.15) is 49.3 Å². The van der Waals surface area contributed by atoms with Gasteiger partial charge in [0.25, 0.3) is 0 Å². The van der Waals surface area contributed by atoms with E-state index in [1.807, 2.05) is 6.07 Å². The van der Waals surface area contributed by atoms with Crippen LogP contribution in [-0.2, 0) is 0 Å². The number of hydrogen-bond acceptors (Lipinski definition) is 2. The fourth-order valence-corrected chi connectivity index (χ4v) is 3.88. The van der Waals surface area contributed by atoms with E-state index in [0.717, 1.165) is 23.9 Å². The number of hydrogen-bond donors (Lipinski definition) is 2. The SMILES string of the molecule is Cl.Clc1ccc2[nH]c(C3CCCCC3)c(C3=NCCN3)c2c1. The molecule has 2 aliphatic rings. The topological polar surface area (TPSA) is 40.2 Å². The number of amidine groups is 1. The van der Waals surface area contributed by atoms with Gasteiger partial charge in [-0.3, -0.25) is 4.99 Å². The fourth-order valence-electron chi connectivity index (χ4n) is 3.70. The van der Waals surface area contributed by atoms with Crippen LogP contribution in [0.15, 0.2) is 23.2 Å². The number of benzene rings is 1. The van der Waals surface area contributed by atoms with Gasteiger partial charge in [-0.05, 0) is 37.0 Å². The minimum atomic E-state index is 0. The summed E-state index contributed by atoms with van der Waals surface area (Å²) in [6.07, 6.45) is 6.60. The lowest BCUT2D eigenvalue weighted by molar-refractivity contribution is 0.438. The first-order valence-corrected chi connectivity index (χ1v) is 8.30. The summed E-state index contributed by atoms with van der Waals surface area (Å²) in [5.74, 6) is 1.68. The van der Waals surface area contributed by atoms with Crippen molar-refractivity contribution in [1.29, 1.82) is 0 Å². The average molecular weight is 338 g/mol. The second-order valence-corrected chi connectivity index (χ2v) is 6.53. The molecule has 2 N–H and O–H groups in total. The zero-order chi connectivity index (χ0) is 14.2. The molecule has 0 saturated heterocycles. The number of aromatic amines is 1. The molecule has 0 atom stereocenters. The van der Waals surface area contributed by atoms with Crippen LogP contribution in [0.5, 0.6) is 0 Å². The van der Waals surface area contributed by atoms with Gasteiger partial charge in [-0.15, -0.1) is 12.4 Å². The molecule has 1 saturated carbocycles. The van der Waals surface area contributed by atoms with E-state index in [0.29, 0.717) is 5.92 Å². The summed E-state index contributed by atoms with van der Waals surface area (Å²) >= 11 is 6.22. The van der Waals surface area contributed by atoms with Crippen molar-refractivity contribution in [2.75, 3.05) is 13.1 Å². The largest absolute Gasteiger partial charge is 0.368 e. The van der Waals surface area contributed by atoms with E-state index in [9.17, 15) is 0 Å². The molecule has 0 radical (unpaired) electrons. The Morgan fingerprint density at radius 1 is 1.14 bits per heavy atom. The molecule has 1 fully saturated rings. The van der Waals surface area contributed by atoms with Crippen molar-refractivity contribution >= 4 is 40.7 Å². The summed E-state index contributed by atoms with van der Waals surface area (Å²) in [5.41, 5.74) is 3.79. The van der Waals surface area contributed by atoms with E-state index in [1.54, 1.807) is 0 Å². The van der Waals surface area contributed by atoms with Crippen molar-refractivity contribution in [3.8, 4) is 0 Å². The fraction of sp³-hybridized carbons (Fsp3) is 0.471. The maximum absolute atomic E-state index is 6.22. The van der Waals surface area contributed by atoms with Crippen molar-refractivity contribution in [2.45, 2.75) is 38.0 Å². The van der Waals surface area contributed by atoms with Crippen molar-refractivity contribution < 1.29 is 0 Å². The van der Waals surface area contributed by atoms with E-state index < -0.39 is 0 Å². The van der Waals surface area contributed by atoms with E-state index >= 15 is 0 Å². The summed E-state index contributed by atoms with van der Waals surface area (Å²) in [6, 6.07) is 6.11. The Hall–Kier alpha value is -1.19. The number of aliphatic imine (C=N–C) groups is 1. The summed E-state index contributed by atoms with van der Waals surface area (Å²) in [5, 5.41) is 5.43. The maximum atomic E-state index is 6.22. The predicted octanol–water partition coefficient (Wildman–Crippen LogP) is 4.64. The molecular formula is C17H21Cl2N3. The van der Waals surface area contributed by atoms with E-state index in [4.69, 9.17) is 11.6 Å². The first-order valence-electron chi connectivity index (χ1n) is 7.93. The van der Waals surface area contributed by atoms with E-state index in [1.165, 1.54) is 54.3 Å². The Morgan fingerprint density at radius 2 is 1.95 bits per heavy atom. The summed E-state index contributed by atoms with van der Waals surface area (Å²) in [4.78, 5) is 8.31. The molecule has 0 spiro atoms. The second kappa shape index (κ2) is 6.51. The Kier molecular flexibility index (Phi) is 4.65. The van der Waals surface area contributed by atoms with E-state index in [-0.39, 0.29) is 12.4 Å². The van der Waals surface area contributed by atoms with Gasteiger partial charge in [0, 0.05) is 33.7 Å². The van der Waals surface area contributed by atoms with Crippen LogP contribution in [0.25, 0.3) is 10.9 Å². The van der Waals surface area contributed by atoms with Crippen molar-refractivity contribution in [2.24, 2.45) is 4.99 Å². The first-order chi connectivity index (χ1) is 10.3. The molecule has 2 aromatic rings. The third kappa shape index (κ3) is 2.72. The highest BCUT2D eigenvalue weighted by Crippen LogP contribution is 2.37. The Balaban J connectivity index is 0.00000144. The first kappa shape index (κ1) is 15.7. The highest BCUT2D eigenvalue weighted by atomic mass is 35.5. The van der Waals surface area contributed by atoms with Gasteiger partial charge >= 0.3 is 0 Å². The molecule has 0 bridgehead atoms. The number of halogens is 2. The molecule has 1 aliphatic heterocycles. The molecule has 3 nitrogen and oxygen atoms in total. The molecule has 22 heavy (non-hydrogen) atoms. The van der Waals surface area contributed by atoms with Crippen molar-refractivity contribution in [3.63, 3.8) is 0 Å². The number of rotatable bonds is 2.